The fourth-order valence-corrected chi connectivity index (χ4v) is 1.55. The monoisotopic (exact) mass is 192 g/mol. The average Bonchev–Trinajstić information content (AvgIpc) is 2.41. The molecular weight excluding hydrogens is 172 g/mol. The van der Waals surface area contributed by atoms with E-state index in [1.165, 1.54) is 12.0 Å². The maximum absolute atomic E-state index is 5.78. The average molecular weight is 192 g/mol. The van der Waals surface area contributed by atoms with E-state index in [0.717, 1.165) is 19.4 Å². The zero-order chi connectivity index (χ0) is 10.2. The lowest BCUT2D eigenvalue weighted by Crippen LogP contribution is -2.13. The standard InChI is InChI=1S/C13H20O/c1-3-8-12-9-6-5-7-10-13(12)14-11-4-2/h5-7,9-10,13H,3-4,8,11H2,1-2H3. The van der Waals surface area contributed by atoms with Gasteiger partial charge >= 0.3 is 0 Å². The van der Waals surface area contributed by atoms with Crippen molar-refractivity contribution in [3.05, 3.63) is 36.0 Å². The normalized spacial score (nSPS) is 20.7. The smallest absolute Gasteiger partial charge is 0.0972 e. The molecule has 1 heteroatoms. The van der Waals surface area contributed by atoms with Crippen LogP contribution in [-0.2, 0) is 4.74 Å². The number of ether oxygens (including phenoxy) is 1. The summed E-state index contributed by atoms with van der Waals surface area (Å²) in [6.45, 7) is 5.19. The molecule has 78 valence electrons. The Bertz CT molecular complexity index is 236. The van der Waals surface area contributed by atoms with E-state index in [9.17, 15) is 0 Å². The molecule has 1 aliphatic rings. The molecular formula is C13H20O. The number of hydrogen-bond donors (Lipinski definition) is 0. The van der Waals surface area contributed by atoms with Gasteiger partial charge in [0, 0.05) is 6.61 Å². The molecule has 1 aliphatic carbocycles. The van der Waals surface area contributed by atoms with E-state index in [0.29, 0.717) is 0 Å². The summed E-state index contributed by atoms with van der Waals surface area (Å²) in [5.41, 5.74) is 1.39. The van der Waals surface area contributed by atoms with Crippen LogP contribution < -0.4 is 0 Å². The quantitative estimate of drug-likeness (QED) is 0.646. The highest BCUT2D eigenvalue weighted by molar-refractivity contribution is 5.28. The van der Waals surface area contributed by atoms with E-state index >= 15 is 0 Å². The van der Waals surface area contributed by atoms with Crippen LogP contribution in [0.1, 0.15) is 33.1 Å². The van der Waals surface area contributed by atoms with Crippen LogP contribution in [0, 0.1) is 0 Å². The second-order valence-corrected chi connectivity index (χ2v) is 3.55. The van der Waals surface area contributed by atoms with Gasteiger partial charge in [0.2, 0.25) is 0 Å². The van der Waals surface area contributed by atoms with Crippen molar-refractivity contribution in [2.24, 2.45) is 0 Å². The first-order valence-corrected chi connectivity index (χ1v) is 5.54. The topological polar surface area (TPSA) is 9.23 Å². The highest BCUT2D eigenvalue weighted by Gasteiger charge is 2.10. The molecule has 14 heavy (non-hydrogen) atoms. The summed E-state index contributed by atoms with van der Waals surface area (Å²) < 4.78 is 5.78. The van der Waals surface area contributed by atoms with Gasteiger partial charge in [0.1, 0.15) is 0 Å². The molecule has 0 aromatic carbocycles. The minimum atomic E-state index is 0.199. The van der Waals surface area contributed by atoms with Gasteiger partial charge in [-0.2, -0.15) is 0 Å². The van der Waals surface area contributed by atoms with Crippen molar-refractivity contribution >= 4 is 0 Å². The van der Waals surface area contributed by atoms with Crippen LogP contribution >= 0.6 is 0 Å². The molecule has 0 fully saturated rings. The van der Waals surface area contributed by atoms with Crippen LogP contribution in [-0.4, -0.2) is 12.7 Å². The Labute approximate surface area is 87.2 Å². The highest BCUT2D eigenvalue weighted by Crippen LogP contribution is 2.17. The number of rotatable bonds is 5. The summed E-state index contributed by atoms with van der Waals surface area (Å²) in [5.74, 6) is 0. The molecule has 1 atom stereocenters. The van der Waals surface area contributed by atoms with Gasteiger partial charge in [-0.3, -0.25) is 0 Å². The summed E-state index contributed by atoms with van der Waals surface area (Å²) in [4.78, 5) is 0. The molecule has 0 saturated carbocycles. The molecule has 0 radical (unpaired) electrons. The molecule has 1 rings (SSSR count). The van der Waals surface area contributed by atoms with Gasteiger partial charge in [-0.25, -0.2) is 0 Å². The maximum Gasteiger partial charge on any atom is 0.0972 e. The van der Waals surface area contributed by atoms with Crippen molar-refractivity contribution in [3.63, 3.8) is 0 Å². The first-order valence-electron chi connectivity index (χ1n) is 5.54. The first-order chi connectivity index (χ1) is 6.88. The first kappa shape index (κ1) is 11.3. The minimum absolute atomic E-state index is 0.199. The lowest BCUT2D eigenvalue weighted by Gasteiger charge is -2.16. The Kier molecular flexibility index (Phi) is 5.31. The molecule has 0 heterocycles. The van der Waals surface area contributed by atoms with Gasteiger partial charge in [-0.05, 0) is 18.4 Å². The van der Waals surface area contributed by atoms with E-state index < -0.39 is 0 Å². The van der Waals surface area contributed by atoms with Crippen LogP contribution in [0.15, 0.2) is 36.0 Å². The van der Waals surface area contributed by atoms with Gasteiger partial charge in [0.05, 0.1) is 6.10 Å². The fourth-order valence-electron chi connectivity index (χ4n) is 1.55. The van der Waals surface area contributed by atoms with Gasteiger partial charge < -0.3 is 4.74 Å². The van der Waals surface area contributed by atoms with E-state index in [2.05, 4.69) is 44.2 Å². The van der Waals surface area contributed by atoms with E-state index in [-0.39, 0.29) is 6.10 Å². The Morgan fingerprint density at radius 3 is 2.71 bits per heavy atom. The molecule has 0 amide bonds. The molecule has 0 aliphatic heterocycles. The molecule has 0 spiro atoms. The van der Waals surface area contributed by atoms with Gasteiger partial charge in [-0.1, -0.05) is 50.6 Å². The summed E-state index contributed by atoms with van der Waals surface area (Å²) in [7, 11) is 0. The molecule has 0 saturated heterocycles. The summed E-state index contributed by atoms with van der Waals surface area (Å²) >= 11 is 0. The highest BCUT2D eigenvalue weighted by atomic mass is 16.5. The predicted octanol–water partition coefficient (Wildman–Crippen LogP) is 3.63. The number of allylic oxidation sites excluding steroid dienone is 4. The zero-order valence-electron chi connectivity index (χ0n) is 9.20. The van der Waals surface area contributed by atoms with E-state index in [1.807, 2.05) is 0 Å². The van der Waals surface area contributed by atoms with Crippen LogP contribution in [0.25, 0.3) is 0 Å². The lowest BCUT2D eigenvalue weighted by molar-refractivity contribution is 0.106. The molecule has 1 unspecified atom stereocenters. The SMILES string of the molecule is CCCOC1C=CC=CC=C1CCC. The summed E-state index contributed by atoms with van der Waals surface area (Å²) in [6.07, 6.45) is 14.1. The third kappa shape index (κ3) is 3.51. The van der Waals surface area contributed by atoms with Crippen LogP contribution in [0.3, 0.4) is 0 Å². The van der Waals surface area contributed by atoms with Crippen molar-refractivity contribution in [2.45, 2.75) is 39.2 Å². The van der Waals surface area contributed by atoms with Crippen LogP contribution in [0.2, 0.25) is 0 Å². The Morgan fingerprint density at radius 1 is 1.14 bits per heavy atom. The van der Waals surface area contributed by atoms with Gasteiger partial charge in [0.15, 0.2) is 0 Å². The third-order valence-electron chi connectivity index (χ3n) is 2.22. The van der Waals surface area contributed by atoms with Gasteiger partial charge in [0.25, 0.3) is 0 Å². The van der Waals surface area contributed by atoms with Crippen LogP contribution in [0.5, 0.6) is 0 Å². The zero-order valence-corrected chi connectivity index (χ0v) is 9.20. The molecule has 0 N–H and O–H groups in total. The maximum atomic E-state index is 5.78. The molecule has 0 aromatic rings. The molecule has 1 nitrogen and oxygen atoms in total. The van der Waals surface area contributed by atoms with Crippen molar-refractivity contribution in [2.75, 3.05) is 6.61 Å². The van der Waals surface area contributed by atoms with Crippen molar-refractivity contribution in [3.8, 4) is 0 Å². The molecule has 0 bridgehead atoms. The largest absolute Gasteiger partial charge is 0.370 e. The number of hydrogen-bond acceptors (Lipinski definition) is 1. The fraction of sp³-hybridized carbons (Fsp3) is 0.538. The van der Waals surface area contributed by atoms with Crippen molar-refractivity contribution in [1.82, 2.24) is 0 Å². The van der Waals surface area contributed by atoms with Crippen LogP contribution in [0.4, 0.5) is 0 Å². The lowest BCUT2D eigenvalue weighted by atomic mass is 10.0. The Morgan fingerprint density at radius 2 is 2.00 bits per heavy atom. The van der Waals surface area contributed by atoms with Crippen molar-refractivity contribution in [1.29, 1.82) is 0 Å². The van der Waals surface area contributed by atoms with Crippen molar-refractivity contribution < 1.29 is 4.74 Å². The Hall–Kier alpha value is -0.820. The second kappa shape index (κ2) is 6.61. The third-order valence-corrected chi connectivity index (χ3v) is 2.22. The van der Waals surface area contributed by atoms with E-state index in [1.54, 1.807) is 0 Å². The Balaban J connectivity index is 2.59. The molecule has 0 aromatic heterocycles. The summed E-state index contributed by atoms with van der Waals surface area (Å²) in [5, 5.41) is 0. The second-order valence-electron chi connectivity index (χ2n) is 3.55. The summed E-state index contributed by atoms with van der Waals surface area (Å²) in [6, 6.07) is 0. The predicted molar refractivity (Wildman–Crippen MR) is 61.3 cm³/mol. The van der Waals surface area contributed by atoms with E-state index in [4.69, 9.17) is 4.74 Å². The minimum Gasteiger partial charge on any atom is -0.370 e. The van der Waals surface area contributed by atoms with Gasteiger partial charge in [-0.15, -0.1) is 0 Å².